The first-order valence-corrected chi connectivity index (χ1v) is 15.6. The monoisotopic (exact) mass is 526 g/mol. The predicted octanol–water partition coefficient (Wildman–Crippen LogP) is 9.77. The standard InChI is InChI=1S/C31H58O6/c1-5-7-14-20-27(18-6-2)25-35-31(33)37-29-22-17-21-28(24-29)36-30(32)34-23-16-13-11-9-8-10-12-15-19-26(3)4/h26-29H,5-25H2,1-4H3. The Bertz CT molecular complexity index is 564. The van der Waals surface area contributed by atoms with Crippen LogP contribution in [0, 0.1) is 11.8 Å². The first-order chi connectivity index (χ1) is 17.9. The molecule has 0 aromatic carbocycles. The highest BCUT2D eigenvalue weighted by Crippen LogP contribution is 2.25. The van der Waals surface area contributed by atoms with Crippen molar-refractivity contribution < 1.29 is 28.5 Å². The highest BCUT2D eigenvalue weighted by atomic mass is 16.7. The van der Waals surface area contributed by atoms with Crippen molar-refractivity contribution >= 4 is 12.3 Å². The zero-order valence-corrected chi connectivity index (χ0v) is 24.6. The fourth-order valence-electron chi connectivity index (χ4n) is 5.12. The van der Waals surface area contributed by atoms with Crippen molar-refractivity contribution in [3.05, 3.63) is 0 Å². The van der Waals surface area contributed by atoms with Gasteiger partial charge in [-0.25, -0.2) is 9.59 Å². The molecule has 1 aliphatic rings. The molecule has 0 heterocycles. The number of carbonyl (C=O) groups excluding carboxylic acids is 2. The van der Waals surface area contributed by atoms with Crippen molar-refractivity contribution in [1.29, 1.82) is 0 Å². The topological polar surface area (TPSA) is 71.1 Å². The van der Waals surface area contributed by atoms with E-state index in [4.69, 9.17) is 18.9 Å². The van der Waals surface area contributed by atoms with Gasteiger partial charge in [-0.2, -0.15) is 0 Å². The van der Waals surface area contributed by atoms with E-state index in [2.05, 4.69) is 27.7 Å². The van der Waals surface area contributed by atoms with Gasteiger partial charge in [0.25, 0.3) is 0 Å². The second kappa shape index (κ2) is 22.5. The van der Waals surface area contributed by atoms with E-state index in [9.17, 15) is 9.59 Å². The maximum atomic E-state index is 12.2. The van der Waals surface area contributed by atoms with Gasteiger partial charge < -0.3 is 18.9 Å². The van der Waals surface area contributed by atoms with Crippen molar-refractivity contribution in [2.45, 2.75) is 162 Å². The lowest BCUT2D eigenvalue weighted by Gasteiger charge is -2.28. The van der Waals surface area contributed by atoms with E-state index in [0.717, 1.165) is 57.3 Å². The molecule has 3 atom stereocenters. The molecule has 0 aromatic heterocycles. The smallest absolute Gasteiger partial charge is 0.434 e. The predicted molar refractivity (Wildman–Crippen MR) is 150 cm³/mol. The van der Waals surface area contributed by atoms with Crippen LogP contribution in [0.5, 0.6) is 0 Å². The van der Waals surface area contributed by atoms with Gasteiger partial charge in [0.2, 0.25) is 0 Å². The van der Waals surface area contributed by atoms with Crippen molar-refractivity contribution in [3.63, 3.8) is 0 Å². The largest absolute Gasteiger partial charge is 0.508 e. The summed E-state index contributed by atoms with van der Waals surface area (Å²) in [5, 5.41) is 0. The molecule has 0 spiro atoms. The van der Waals surface area contributed by atoms with Crippen LogP contribution in [-0.4, -0.2) is 37.7 Å². The Morgan fingerprint density at radius 3 is 1.84 bits per heavy atom. The second-order valence-corrected chi connectivity index (χ2v) is 11.5. The Hall–Kier alpha value is -1.46. The van der Waals surface area contributed by atoms with Gasteiger partial charge in [0.15, 0.2) is 0 Å². The van der Waals surface area contributed by atoms with E-state index in [-0.39, 0.29) is 12.2 Å². The lowest BCUT2D eigenvalue weighted by molar-refractivity contribution is -0.0375. The number of rotatable bonds is 21. The average Bonchev–Trinajstić information content (AvgIpc) is 2.86. The Kier molecular flexibility index (Phi) is 20.4. The first-order valence-electron chi connectivity index (χ1n) is 15.6. The van der Waals surface area contributed by atoms with E-state index >= 15 is 0 Å². The van der Waals surface area contributed by atoms with E-state index in [0.29, 0.717) is 25.6 Å². The number of ether oxygens (including phenoxy) is 4. The zero-order valence-electron chi connectivity index (χ0n) is 24.6. The Labute approximate surface area is 227 Å². The molecule has 1 fully saturated rings. The van der Waals surface area contributed by atoms with Gasteiger partial charge in [-0.05, 0) is 50.4 Å². The summed E-state index contributed by atoms with van der Waals surface area (Å²) in [6, 6.07) is 0. The first kappa shape index (κ1) is 33.6. The molecular formula is C31H58O6. The summed E-state index contributed by atoms with van der Waals surface area (Å²) in [6.45, 7) is 9.77. The van der Waals surface area contributed by atoms with Crippen LogP contribution in [0.2, 0.25) is 0 Å². The summed E-state index contributed by atoms with van der Waals surface area (Å²) >= 11 is 0. The van der Waals surface area contributed by atoms with Crippen LogP contribution in [0.15, 0.2) is 0 Å². The van der Waals surface area contributed by atoms with Crippen molar-refractivity contribution in [1.82, 2.24) is 0 Å². The molecule has 0 aliphatic heterocycles. The molecule has 3 unspecified atom stereocenters. The molecule has 6 heteroatoms. The van der Waals surface area contributed by atoms with Crippen molar-refractivity contribution in [2.75, 3.05) is 13.2 Å². The molecule has 0 aromatic rings. The van der Waals surface area contributed by atoms with Crippen LogP contribution in [0.25, 0.3) is 0 Å². The minimum absolute atomic E-state index is 0.267. The van der Waals surface area contributed by atoms with E-state index in [1.165, 1.54) is 64.2 Å². The molecular weight excluding hydrogens is 468 g/mol. The molecule has 1 rings (SSSR count). The Morgan fingerprint density at radius 1 is 0.676 bits per heavy atom. The Morgan fingerprint density at radius 2 is 1.24 bits per heavy atom. The third kappa shape index (κ3) is 19.3. The molecule has 0 saturated heterocycles. The molecule has 6 nitrogen and oxygen atoms in total. The summed E-state index contributed by atoms with van der Waals surface area (Å²) in [6.07, 6.45) is 19.1. The van der Waals surface area contributed by atoms with Crippen LogP contribution in [-0.2, 0) is 18.9 Å². The van der Waals surface area contributed by atoms with Crippen molar-refractivity contribution in [2.24, 2.45) is 11.8 Å². The highest BCUT2D eigenvalue weighted by molar-refractivity contribution is 5.60. The molecule has 0 N–H and O–H groups in total. The van der Waals surface area contributed by atoms with Crippen LogP contribution >= 0.6 is 0 Å². The van der Waals surface area contributed by atoms with Crippen LogP contribution in [0.1, 0.15) is 150 Å². The maximum Gasteiger partial charge on any atom is 0.508 e. The van der Waals surface area contributed by atoms with Gasteiger partial charge in [-0.1, -0.05) is 105 Å². The van der Waals surface area contributed by atoms with Gasteiger partial charge in [-0.3, -0.25) is 0 Å². The summed E-state index contributed by atoms with van der Waals surface area (Å²) in [5.41, 5.74) is 0. The summed E-state index contributed by atoms with van der Waals surface area (Å²) in [7, 11) is 0. The molecule has 1 saturated carbocycles. The summed E-state index contributed by atoms with van der Waals surface area (Å²) < 4.78 is 21.8. The minimum atomic E-state index is -0.604. The molecule has 218 valence electrons. The third-order valence-corrected chi connectivity index (χ3v) is 7.35. The third-order valence-electron chi connectivity index (χ3n) is 7.35. The van der Waals surface area contributed by atoms with Crippen molar-refractivity contribution in [3.8, 4) is 0 Å². The van der Waals surface area contributed by atoms with Gasteiger partial charge in [0.1, 0.15) is 12.2 Å². The maximum absolute atomic E-state index is 12.2. The number of carbonyl (C=O) groups is 2. The van der Waals surface area contributed by atoms with Crippen LogP contribution in [0.3, 0.4) is 0 Å². The SMILES string of the molecule is CCCCCC(CCC)COC(=O)OC1CCCC(OC(=O)OCCCCCCCCCCC(C)C)C1. The minimum Gasteiger partial charge on any atom is -0.434 e. The normalized spacial score (nSPS) is 18.4. The van der Waals surface area contributed by atoms with E-state index in [1.54, 1.807) is 0 Å². The average molecular weight is 527 g/mol. The summed E-state index contributed by atoms with van der Waals surface area (Å²) in [4.78, 5) is 24.3. The molecule has 0 bridgehead atoms. The lowest BCUT2D eigenvalue weighted by Crippen LogP contribution is -2.32. The molecule has 1 aliphatic carbocycles. The molecule has 0 radical (unpaired) electrons. The summed E-state index contributed by atoms with van der Waals surface area (Å²) in [5.74, 6) is 1.22. The Balaban J connectivity index is 2.11. The van der Waals surface area contributed by atoms with E-state index in [1.807, 2.05) is 0 Å². The quantitative estimate of drug-likeness (QED) is 0.109. The fraction of sp³-hybridized carbons (Fsp3) is 0.935. The van der Waals surface area contributed by atoms with Gasteiger partial charge in [-0.15, -0.1) is 0 Å². The van der Waals surface area contributed by atoms with E-state index < -0.39 is 12.3 Å². The van der Waals surface area contributed by atoms with Gasteiger partial charge in [0.05, 0.1) is 13.2 Å². The highest BCUT2D eigenvalue weighted by Gasteiger charge is 2.28. The van der Waals surface area contributed by atoms with Crippen LogP contribution < -0.4 is 0 Å². The zero-order chi connectivity index (χ0) is 27.1. The molecule has 37 heavy (non-hydrogen) atoms. The fourth-order valence-corrected chi connectivity index (χ4v) is 5.12. The second-order valence-electron chi connectivity index (χ2n) is 11.5. The van der Waals surface area contributed by atoms with Gasteiger partial charge >= 0.3 is 12.3 Å². The lowest BCUT2D eigenvalue weighted by atomic mass is 9.95. The van der Waals surface area contributed by atoms with Gasteiger partial charge in [0, 0.05) is 6.42 Å². The number of hydrogen-bond acceptors (Lipinski definition) is 6. The number of unbranched alkanes of at least 4 members (excludes halogenated alkanes) is 9. The molecule has 0 amide bonds. The number of hydrogen-bond donors (Lipinski definition) is 0. The van der Waals surface area contributed by atoms with Crippen LogP contribution in [0.4, 0.5) is 9.59 Å².